The molecule has 96 valence electrons. The summed E-state index contributed by atoms with van der Waals surface area (Å²) >= 11 is 0. The van der Waals surface area contributed by atoms with Crippen molar-refractivity contribution in [2.24, 2.45) is 5.92 Å². The lowest BCUT2D eigenvalue weighted by molar-refractivity contribution is 0.0379. The van der Waals surface area contributed by atoms with E-state index in [9.17, 15) is 0 Å². The van der Waals surface area contributed by atoms with E-state index in [4.69, 9.17) is 4.74 Å². The van der Waals surface area contributed by atoms with Gasteiger partial charge in [-0.15, -0.1) is 5.10 Å². The van der Waals surface area contributed by atoms with E-state index in [-0.39, 0.29) is 0 Å². The van der Waals surface area contributed by atoms with E-state index >= 15 is 0 Å². The fourth-order valence-corrected chi connectivity index (χ4v) is 2.51. The van der Waals surface area contributed by atoms with E-state index in [2.05, 4.69) is 29.5 Å². The smallest absolute Gasteiger partial charge is 0.0760 e. The summed E-state index contributed by atoms with van der Waals surface area (Å²) in [5.74, 6) is 0.535. The molecule has 0 radical (unpaired) electrons. The molecule has 1 N–H and O–H groups in total. The number of ether oxygens (including phenoxy) is 1. The van der Waals surface area contributed by atoms with Crippen molar-refractivity contribution in [2.75, 3.05) is 19.8 Å². The fraction of sp³-hybridized carbons (Fsp3) is 0.833. The van der Waals surface area contributed by atoms with Crippen molar-refractivity contribution < 1.29 is 4.74 Å². The molecule has 0 spiro atoms. The van der Waals surface area contributed by atoms with Gasteiger partial charge in [0.25, 0.3) is 0 Å². The molecule has 0 saturated carbocycles. The highest BCUT2D eigenvalue weighted by molar-refractivity contribution is 5.05. The third-order valence-electron chi connectivity index (χ3n) is 3.36. The van der Waals surface area contributed by atoms with E-state index < -0.39 is 0 Å². The van der Waals surface area contributed by atoms with Gasteiger partial charge in [0.2, 0.25) is 0 Å². The molecule has 2 atom stereocenters. The summed E-state index contributed by atoms with van der Waals surface area (Å²) in [4.78, 5) is 0. The Labute approximate surface area is 103 Å². The molecular weight excluding hydrogens is 216 g/mol. The zero-order valence-electron chi connectivity index (χ0n) is 10.7. The van der Waals surface area contributed by atoms with Crippen molar-refractivity contribution in [3.8, 4) is 0 Å². The number of aromatic nitrogens is 3. The maximum atomic E-state index is 5.59. The van der Waals surface area contributed by atoms with Crippen LogP contribution in [0.5, 0.6) is 0 Å². The Hall–Kier alpha value is -0.940. The van der Waals surface area contributed by atoms with Crippen LogP contribution in [0.15, 0.2) is 6.20 Å². The second-order valence-electron chi connectivity index (χ2n) is 4.49. The number of aryl methyl sites for hydroxylation is 1. The maximum absolute atomic E-state index is 5.59. The first kappa shape index (κ1) is 12.5. The van der Waals surface area contributed by atoms with Gasteiger partial charge in [-0.25, -0.2) is 4.68 Å². The Morgan fingerprint density at radius 2 is 2.47 bits per heavy atom. The number of hydrogen-bond donors (Lipinski definition) is 1. The molecule has 1 aromatic rings. The van der Waals surface area contributed by atoms with Crippen molar-refractivity contribution in [2.45, 2.75) is 39.3 Å². The largest absolute Gasteiger partial charge is 0.381 e. The number of hydrogen-bond acceptors (Lipinski definition) is 4. The first-order chi connectivity index (χ1) is 8.36. The van der Waals surface area contributed by atoms with Crippen LogP contribution < -0.4 is 5.32 Å². The van der Waals surface area contributed by atoms with Crippen LogP contribution in [-0.2, 0) is 11.3 Å². The van der Waals surface area contributed by atoms with Crippen LogP contribution in [0.25, 0.3) is 0 Å². The Bertz CT molecular complexity index is 333. The van der Waals surface area contributed by atoms with Gasteiger partial charge in [0, 0.05) is 19.1 Å². The quantitative estimate of drug-likeness (QED) is 0.842. The average molecular weight is 238 g/mol. The normalized spacial score (nSPS) is 22.6. The highest BCUT2D eigenvalue weighted by atomic mass is 16.5. The minimum atomic E-state index is 0.315. The average Bonchev–Trinajstić information content (AvgIpc) is 2.85. The third kappa shape index (κ3) is 2.84. The first-order valence-electron chi connectivity index (χ1n) is 6.56. The summed E-state index contributed by atoms with van der Waals surface area (Å²) < 4.78 is 7.57. The molecule has 0 aliphatic carbocycles. The SMILES string of the molecule is CCNC(c1cnnn1CC)C1CCCOC1. The summed E-state index contributed by atoms with van der Waals surface area (Å²) in [6.07, 6.45) is 4.25. The summed E-state index contributed by atoms with van der Waals surface area (Å²) in [5, 5.41) is 11.7. The Balaban J connectivity index is 2.15. The molecule has 1 saturated heterocycles. The summed E-state index contributed by atoms with van der Waals surface area (Å²) in [6, 6.07) is 0.315. The van der Waals surface area contributed by atoms with Gasteiger partial charge in [-0.1, -0.05) is 12.1 Å². The molecule has 1 aromatic heterocycles. The van der Waals surface area contributed by atoms with Crippen LogP contribution in [0.3, 0.4) is 0 Å². The minimum Gasteiger partial charge on any atom is -0.381 e. The van der Waals surface area contributed by atoms with Crippen LogP contribution in [-0.4, -0.2) is 34.8 Å². The highest BCUT2D eigenvalue weighted by Gasteiger charge is 2.27. The predicted octanol–water partition coefficient (Wildman–Crippen LogP) is 1.38. The van der Waals surface area contributed by atoms with Crippen LogP contribution in [0.1, 0.15) is 38.4 Å². The standard InChI is InChI=1S/C12H22N4O/c1-3-13-12(10-6-5-7-17-9-10)11-8-14-15-16(11)4-2/h8,10,12-13H,3-7,9H2,1-2H3. The Morgan fingerprint density at radius 3 is 3.12 bits per heavy atom. The van der Waals surface area contributed by atoms with Gasteiger partial charge in [-0.2, -0.15) is 0 Å². The van der Waals surface area contributed by atoms with Crippen LogP contribution in [0, 0.1) is 5.92 Å². The van der Waals surface area contributed by atoms with E-state index in [1.54, 1.807) is 0 Å². The molecule has 1 aliphatic heterocycles. The maximum Gasteiger partial charge on any atom is 0.0760 e. The zero-order chi connectivity index (χ0) is 12.1. The molecule has 1 aliphatic rings. The van der Waals surface area contributed by atoms with Gasteiger partial charge in [0.15, 0.2) is 0 Å². The van der Waals surface area contributed by atoms with Crippen molar-refractivity contribution in [3.63, 3.8) is 0 Å². The van der Waals surface area contributed by atoms with Gasteiger partial charge in [-0.3, -0.25) is 0 Å². The highest BCUT2D eigenvalue weighted by Crippen LogP contribution is 2.28. The number of nitrogens with one attached hydrogen (secondary N) is 1. The van der Waals surface area contributed by atoms with Crippen LogP contribution >= 0.6 is 0 Å². The monoisotopic (exact) mass is 238 g/mol. The van der Waals surface area contributed by atoms with E-state index in [1.165, 1.54) is 12.1 Å². The second-order valence-corrected chi connectivity index (χ2v) is 4.49. The summed E-state index contributed by atoms with van der Waals surface area (Å²) in [7, 11) is 0. The lowest BCUT2D eigenvalue weighted by Crippen LogP contribution is -2.34. The fourth-order valence-electron chi connectivity index (χ4n) is 2.51. The van der Waals surface area contributed by atoms with Gasteiger partial charge in [-0.05, 0) is 26.3 Å². The van der Waals surface area contributed by atoms with Gasteiger partial charge in [0.05, 0.1) is 24.5 Å². The molecule has 0 aromatic carbocycles. The van der Waals surface area contributed by atoms with Gasteiger partial charge < -0.3 is 10.1 Å². The molecule has 2 rings (SSSR count). The molecule has 5 heteroatoms. The minimum absolute atomic E-state index is 0.315. The number of rotatable bonds is 5. The molecule has 0 amide bonds. The van der Waals surface area contributed by atoms with Gasteiger partial charge in [0.1, 0.15) is 0 Å². The zero-order valence-corrected chi connectivity index (χ0v) is 10.7. The summed E-state index contributed by atoms with van der Waals surface area (Å²) in [5.41, 5.74) is 1.19. The molecule has 0 bridgehead atoms. The Kier molecular flexibility index (Phi) is 4.50. The van der Waals surface area contributed by atoms with E-state index in [0.717, 1.165) is 32.7 Å². The molecular formula is C12H22N4O. The molecule has 1 fully saturated rings. The molecule has 2 heterocycles. The first-order valence-corrected chi connectivity index (χ1v) is 6.56. The Morgan fingerprint density at radius 1 is 1.59 bits per heavy atom. The molecule has 2 unspecified atom stereocenters. The van der Waals surface area contributed by atoms with Crippen molar-refractivity contribution in [1.29, 1.82) is 0 Å². The van der Waals surface area contributed by atoms with Crippen LogP contribution in [0.4, 0.5) is 0 Å². The summed E-state index contributed by atoms with van der Waals surface area (Å²) in [6.45, 7) is 7.80. The van der Waals surface area contributed by atoms with Crippen molar-refractivity contribution in [1.82, 2.24) is 20.3 Å². The molecule has 17 heavy (non-hydrogen) atoms. The van der Waals surface area contributed by atoms with E-state index in [0.29, 0.717) is 12.0 Å². The topological polar surface area (TPSA) is 52.0 Å². The van der Waals surface area contributed by atoms with Crippen molar-refractivity contribution in [3.05, 3.63) is 11.9 Å². The second kappa shape index (κ2) is 6.12. The molecule has 5 nitrogen and oxygen atoms in total. The van der Waals surface area contributed by atoms with Gasteiger partial charge >= 0.3 is 0 Å². The third-order valence-corrected chi connectivity index (χ3v) is 3.36. The van der Waals surface area contributed by atoms with E-state index in [1.807, 2.05) is 10.9 Å². The lowest BCUT2D eigenvalue weighted by Gasteiger charge is -2.30. The van der Waals surface area contributed by atoms with Crippen molar-refractivity contribution >= 4 is 0 Å². The lowest BCUT2D eigenvalue weighted by atomic mass is 9.91. The number of nitrogens with zero attached hydrogens (tertiary/aromatic N) is 3. The predicted molar refractivity (Wildman–Crippen MR) is 65.7 cm³/mol. The van der Waals surface area contributed by atoms with Crippen LogP contribution in [0.2, 0.25) is 0 Å².